The molecule has 2 nitrogen and oxygen atoms in total. The number of aromatic nitrogens is 1. The number of hydrogen-bond acceptors (Lipinski definition) is 3. The van der Waals surface area contributed by atoms with Gasteiger partial charge in [-0.25, -0.2) is 4.98 Å². The number of nitrogens with zero attached hydrogens (tertiary/aromatic N) is 1. The van der Waals surface area contributed by atoms with Gasteiger partial charge in [-0.1, -0.05) is 35.9 Å². The van der Waals surface area contributed by atoms with Gasteiger partial charge in [-0.2, -0.15) is 0 Å². The molecule has 3 heteroatoms. The highest BCUT2D eigenvalue weighted by Crippen LogP contribution is 2.23. The Labute approximate surface area is 129 Å². The van der Waals surface area contributed by atoms with Gasteiger partial charge < -0.3 is 5.32 Å². The molecule has 0 aliphatic carbocycles. The number of nitrogens with one attached hydrogen (secondary N) is 1. The summed E-state index contributed by atoms with van der Waals surface area (Å²) in [5.41, 5.74) is 5.12. The zero-order chi connectivity index (χ0) is 14.8. The summed E-state index contributed by atoms with van der Waals surface area (Å²) < 4.78 is 1.26. The van der Waals surface area contributed by atoms with Gasteiger partial charge in [0.1, 0.15) is 5.01 Å². The van der Waals surface area contributed by atoms with E-state index in [0.29, 0.717) is 6.04 Å². The quantitative estimate of drug-likeness (QED) is 0.750. The van der Waals surface area contributed by atoms with Crippen LogP contribution < -0.4 is 5.32 Å². The first-order valence-corrected chi connectivity index (χ1v) is 8.10. The summed E-state index contributed by atoms with van der Waals surface area (Å²) in [4.78, 5) is 4.67. The number of rotatable bonds is 4. The van der Waals surface area contributed by atoms with Gasteiger partial charge >= 0.3 is 0 Å². The maximum atomic E-state index is 4.67. The van der Waals surface area contributed by atoms with Gasteiger partial charge in [-0.05, 0) is 44.0 Å². The van der Waals surface area contributed by atoms with Crippen molar-refractivity contribution in [3.8, 4) is 0 Å². The Hall–Kier alpha value is -1.71. The normalized spacial score (nSPS) is 12.7. The van der Waals surface area contributed by atoms with E-state index in [1.807, 2.05) is 6.07 Å². The summed E-state index contributed by atoms with van der Waals surface area (Å²) >= 11 is 1.77. The molecule has 0 amide bonds. The van der Waals surface area contributed by atoms with Crippen LogP contribution in [0.4, 0.5) is 0 Å². The molecule has 3 rings (SSSR count). The maximum absolute atomic E-state index is 4.67. The van der Waals surface area contributed by atoms with Gasteiger partial charge in [0, 0.05) is 12.6 Å². The lowest BCUT2D eigenvalue weighted by Gasteiger charge is -2.16. The van der Waals surface area contributed by atoms with Crippen molar-refractivity contribution >= 4 is 21.6 Å². The van der Waals surface area contributed by atoms with Crippen LogP contribution in [0, 0.1) is 13.8 Å². The van der Waals surface area contributed by atoms with Crippen LogP contribution in [-0.2, 0) is 6.54 Å². The second-order valence-electron chi connectivity index (χ2n) is 5.54. The fraction of sp³-hybridized carbons (Fsp3) is 0.278. The molecule has 0 saturated heterocycles. The number of fused-ring (bicyclic) bond motifs is 1. The fourth-order valence-corrected chi connectivity index (χ4v) is 3.58. The second kappa shape index (κ2) is 5.96. The molecule has 0 saturated carbocycles. The summed E-state index contributed by atoms with van der Waals surface area (Å²) in [5, 5.41) is 4.73. The first-order chi connectivity index (χ1) is 10.1. The van der Waals surface area contributed by atoms with Crippen molar-refractivity contribution in [1.29, 1.82) is 0 Å². The smallest absolute Gasteiger partial charge is 0.108 e. The highest BCUT2D eigenvalue weighted by molar-refractivity contribution is 7.18. The van der Waals surface area contributed by atoms with Crippen LogP contribution in [0.3, 0.4) is 0 Å². The molecule has 0 bridgehead atoms. The molecular formula is C18H20N2S. The van der Waals surface area contributed by atoms with E-state index in [1.54, 1.807) is 11.3 Å². The van der Waals surface area contributed by atoms with Crippen LogP contribution in [0.1, 0.15) is 34.7 Å². The molecule has 1 unspecified atom stereocenters. The van der Waals surface area contributed by atoms with E-state index in [4.69, 9.17) is 0 Å². The first kappa shape index (κ1) is 14.2. The molecule has 0 radical (unpaired) electrons. The minimum atomic E-state index is 0.331. The van der Waals surface area contributed by atoms with Gasteiger partial charge in [0.15, 0.2) is 0 Å². The zero-order valence-corrected chi connectivity index (χ0v) is 13.5. The maximum Gasteiger partial charge on any atom is 0.108 e. The third-order valence-electron chi connectivity index (χ3n) is 3.79. The van der Waals surface area contributed by atoms with Crippen molar-refractivity contribution in [1.82, 2.24) is 10.3 Å². The Morgan fingerprint density at radius 1 is 1.14 bits per heavy atom. The molecular weight excluding hydrogens is 276 g/mol. The molecule has 1 atom stereocenters. The Bertz CT molecular complexity index is 728. The summed E-state index contributed by atoms with van der Waals surface area (Å²) in [5.74, 6) is 0. The highest BCUT2D eigenvalue weighted by Gasteiger charge is 2.09. The lowest BCUT2D eigenvalue weighted by atomic mass is 10.0. The molecule has 0 aliphatic rings. The van der Waals surface area contributed by atoms with E-state index in [0.717, 1.165) is 17.1 Å². The monoisotopic (exact) mass is 296 g/mol. The third kappa shape index (κ3) is 3.14. The van der Waals surface area contributed by atoms with E-state index < -0.39 is 0 Å². The minimum Gasteiger partial charge on any atom is -0.304 e. The van der Waals surface area contributed by atoms with Crippen molar-refractivity contribution in [2.24, 2.45) is 0 Å². The van der Waals surface area contributed by atoms with Crippen molar-refractivity contribution in [2.75, 3.05) is 0 Å². The molecule has 108 valence electrons. The van der Waals surface area contributed by atoms with Crippen LogP contribution in [-0.4, -0.2) is 4.98 Å². The number of benzene rings is 2. The molecule has 1 aromatic heterocycles. The van der Waals surface area contributed by atoms with Gasteiger partial charge in [-0.15, -0.1) is 11.3 Å². The van der Waals surface area contributed by atoms with Gasteiger partial charge in [0.05, 0.1) is 10.2 Å². The summed E-state index contributed by atoms with van der Waals surface area (Å²) in [6.45, 7) is 7.34. The average Bonchev–Trinajstić information content (AvgIpc) is 2.87. The average molecular weight is 296 g/mol. The van der Waals surface area contributed by atoms with Crippen LogP contribution in [0.2, 0.25) is 0 Å². The summed E-state index contributed by atoms with van der Waals surface area (Å²) in [6.07, 6.45) is 0. The molecule has 2 aromatic carbocycles. The van der Waals surface area contributed by atoms with Crippen LogP contribution in [0.5, 0.6) is 0 Å². The Balaban J connectivity index is 1.71. The molecule has 3 aromatic rings. The molecule has 0 fully saturated rings. The van der Waals surface area contributed by atoms with Crippen molar-refractivity contribution in [2.45, 2.75) is 33.4 Å². The minimum absolute atomic E-state index is 0.331. The Kier molecular flexibility index (Phi) is 4.04. The standard InChI is InChI=1S/C18H20N2S/c1-12-8-9-15(13(2)10-12)14(3)19-11-18-20-16-6-4-5-7-17(16)21-18/h4-10,14,19H,11H2,1-3H3. The van der Waals surface area contributed by atoms with E-state index in [2.05, 4.69) is 67.5 Å². The topological polar surface area (TPSA) is 24.9 Å². The van der Waals surface area contributed by atoms with Crippen molar-refractivity contribution in [3.05, 3.63) is 64.2 Å². The van der Waals surface area contributed by atoms with E-state index in [9.17, 15) is 0 Å². The molecule has 0 aliphatic heterocycles. The highest BCUT2D eigenvalue weighted by atomic mass is 32.1. The third-order valence-corrected chi connectivity index (χ3v) is 4.83. The number of hydrogen-bond donors (Lipinski definition) is 1. The molecule has 1 N–H and O–H groups in total. The van der Waals surface area contributed by atoms with Gasteiger partial charge in [0.25, 0.3) is 0 Å². The molecule has 0 spiro atoms. The van der Waals surface area contributed by atoms with E-state index in [1.165, 1.54) is 21.4 Å². The van der Waals surface area contributed by atoms with Crippen LogP contribution >= 0.6 is 11.3 Å². The van der Waals surface area contributed by atoms with Gasteiger partial charge in [0.2, 0.25) is 0 Å². The fourth-order valence-electron chi connectivity index (χ4n) is 2.66. The van der Waals surface area contributed by atoms with Crippen molar-refractivity contribution < 1.29 is 0 Å². The number of aryl methyl sites for hydroxylation is 2. The summed E-state index contributed by atoms with van der Waals surface area (Å²) in [7, 11) is 0. The summed E-state index contributed by atoms with van der Waals surface area (Å²) in [6, 6.07) is 15.3. The lowest BCUT2D eigenvalue weighted by molar-refractivity contribution is 0.571. The van der Waals surface area contributed by atoms with Crippen LogP contribution in [0.15, 0.2) is 42.5 Å². The molecule has 21 heavy (non-hydrogen) atoms. The predicted octanol–water partition coefficient (Wildman–Crippen LogP) is 4.76. The largest absolute Gasteiger partial charge is 0.304 e. The Morgan fingerprint density at radius 3 is 2.71 bits per heavy atom. The second-order valence-corrected chi connectivity index (χ2v) is 6.65. The zero-order valence-electron chi connectivity index (χ0n) is 12.7. The molecule has 1 heterocycles. The SMILES string of the molecule is Cc1ccc(C(C)NCc2nc3ccccc3s2)c(C)c1. The lowest BCUT2D eigenvalue weighted by Crippen LogP contribution is -2.18. The predicted molar refractivity (Wildman–Crippen MR) is 90.8 cm³/mol. The van der Waals surface area contributed by atoms with Gasteiger partial charge in [-0.3, -0.25) is 0 Å². The van der Waals surface area contributed by atoms with Crippen molar-refractivity contribution in [3.63, 3.8) is 0 Å². The van der Waals surface area contributed by atoms with E-state index >= 15 is 0 Å². The number of para-hydroxylation sites is 1. The first-order valence-electron chi connectivity index (χ1n) is 7.28. The Morgan fingerprint density at radius 2 is 1.95 bits per heavy atom. The van der Waals surface area contributed by atoms with Crippen LogP contribution in [0.25, 0.3) is 10.2 Å². The number of thiazole rings is 1. The van der Waals surface area contributed by atoms with E-state index in [-0.39, 0.29) is 0 Å².